The maximum atomic E-state index is 12.2. The van der Waals surface area contributed by atoms with E-state index in [1.807, 2.05) is 0 Å². The van der Waals surface area contributed by atoms with Gasteiger partial charge in [0.25, 0.3) is 11.8 Å². The van der Waals surface area contributed by atoms with Crippen LogP contribution in [0.25, 0.3) is 10.8 Å². The van der Waals surface area contributed by atoms with Crippen LogP contribution in [0, 0.1) is 0 Å². The van der Waals surface area contributed by atoms with Crippen LogP contribution >= 0.6 is 0 Å². The first-order valence-corrected chi connectivity index (χ1v) is 7.05. The monoisotopic (exact) mass is 345 g/mol. The predicted molar refractivity (Wildman–Crippen MR) is 70.8 cm³/mol. The quantitative estimate of drug-likeness (QED) is 0.799. The molecule has 6 nitrogen and oxygen atoms in total. The van der Waals surface area contributed by atoms with Gasteiger partial charge in [0.1, 0.15) is 0 Å². The fourth-order valence-electron chi connectivity index (χ4n) is 2.23. The van der Waals surface area contributed by atoms with Crippen molar-refractivity contribution in [1.29, 1.82) is 0 Å². The predicted octanol–water partition coefficient (Wildman–Crippen LogP) is 2.48. The van der Waals surface area contributed by atoms with Gasteiger partial charge in [-0.1, -0.05) is 24.3 Å². The molecule has 2 aromatic carbocycles. The van der Waals surface area contributed by atoms with E-state index in [1.165, 1.54) is 24.3 Å². The summed E-state index contributed by atoms with van der Waals surface area (Å²) in [5, 5.41) is 0.959. The molecule has 10 heteroatoms. The first-order valence-electron chi connectivity index (χ1n) is 6.05. The summed E-state index contributed by atoms with van der Waals surface area (Å²) in [6, 6.07) is 9.18. The van der Waals surface area contributed by atoms with E-state index in [0.717, 1.165) is 0 Å². The lowest BCUT2D eigenvalue weighted by Crippen LogP contribution is -2.41. The van der Waals surface area contributed by atoms with Crippen LogP contribution in [0.3, 0.4) is 0 Å². The number of benzene rings is 2. The Morgan fingerprint density at radius 2 is 1.48 bits per heavy atom. The second kappa shape index (κ2) is 5.41. The molecule has 0 aromatic heterocycles. The first kappa shape index (κ1) is 15.6. The van der Waals surface area contributed by atoms with Gasteiger partial charge in [0.15, 0.2) is 0 Å². The molecule has 2 aromatic rings. The van der Waals surface area contributed by atoms with Crippen molar-refractivity contribution < 1.29 is 35.4 Å². The molecule has 0 saturated carbocycles. The topological polar surface area (TPSA) is 72.9 Å². The molecule has 0 radical (unpaired) electrons. The Balaban J connectivity index is 1.99. The highest BCUT2D eigenvalue weighted by Crippen LogP contribution is 2.30. The van der Waals surface area contributed by atoms with E-state index in [-0.39, 0.29) is 16.2 Å². The van der Waals surface area contributed by atoms with E-state index in [1.54, 1.807) is 12.1 Å². The molecular formula is C13H6F3NO5S. The first-order chi connectivity index (χ1) is 10.8. The van der Waals surface area contributed by atoms with Crippen LogP contribution in [0.15, 0.2) is 36.4 Å². The minimum absolute atomic E-state index is 0.00103. The maximum absolute atomic E-state index is 12.2. The highest BCUT2D eigenvalue weighted by molar-refractivity contribution is 7.75. The van der Waals surface area contributed by atoms with Crippen molar-refractivity contribution in [3.05, 3.63) is 47.5 Å². The number of imide groups is 1. The number of nitrogens with zero attached hydrogens (tertiary/aromatic N) is 1. The summed E-state index contributed by atoms with van der Waals surface area (Å²) >= 11 is -3.40. The largest absolute Gasteiger partial charge is 0.537 e. The number of alkyl halides is 3. The molecule has 0 fully saturated rings. The Labute approximate surface area is 129 Å². The zero-order valence-electron chi connectivity index (χ0n) is 11.0. The van der Waals surface area contributed by atoms with E-state index < -0.39 is 29.5 Å². The van der Waals surface area contributed by atoms with Crippen LogP contribution in [0.2, 0.25) is 0 Å². The Kier molecular flexibility index (Phi) is 3.66. The molecule has 1 atom stereocenters. The second-order valence-corrected chi connectivity index (χ2v) is 5.15. The normalized spacial score (nSPS) is 16.0. The van der Waals surface area contributed by atoms with Crippen molar-refractivity contribution in [2.45, 2.75) is 6.36 Å². The molecular weight excluding hydrogens is 339 g/mol. The smallest absolute Gasteiger partial charge is 0.266 e. The van der Waals surface area contributed by atoms with Gasteiger partial charge in [0, 0.05) is 5.39 Å². The molecule has 0 aliphatic carbocycles. The average molecular weight is 345 g/mol. The average Bonchev–Trinajstić information content (AvgIpc) is 2.47. The van der Waals surface area contributed by atoms with Crippen molar-refractivity contribution in [1.82, 2.24) is 5.06 Å². The lowest BCUT2D eigenvalue weighted by molar-refractivity contribution is -0.274. The van der Waals surface area contributed by atoms with Crippen molar-refractivity contribution in [3.63, 3.8) is 0 Å². The van der Waals surface area contributed by atoms with Crippen molar-refractivity contribution in [3.8, 4) is 0 Å². The Hall–Kier alpha value is -2.30. The number of carbonyl (C=O) groups is 2. The summed E-state index contributed by atoms with van der Waals surface area (Å²) in [5.74, 6) is -2.06. The van der Waals surface area contributed by atoms with Gasteiger partial charge in [-0.15, -0.1) is 22.5 Å². The number of amides is 2. The van der Waals surface area contributed by atoms with Crippen LogP contribution in [0.5, 0.6) is 0 Å². The van der Waals surface area contributed by atoms with E-state index >= 15 is 0 Å². The van der Waals surface area contributed by atoms with Crippen molar-refractivity contribution in [2.24, 2.45) is 0 Å². The van der Waals surface area contributed by atoms with Crippen molar-refractivity contribution >= 4 is 33.9 Å². The molecule has 0 bridgehead atoms. The highest BCUT2D eigenvalue weighted by Gasteiger charge is 2.39. The third kappa shape index (κ3) is 2.83. The van der Waals surface area contributed by atoms with Crippen LogP contribution in [-0.4, -0.2) is 27.4 Å². The van der Waals surface area contributed by atoms with Gasteiger partial charge in [-0.05, 0) is 17.5 Å². The molecule has 3 rings (SSSR count). The van der Waals surface area contributed by atoms with Gasteiger partial charge < -0.3 is 0 Å². The SMILES string of the molecule is O=C1c2cccc3cccc(c23)C(=O)N1OS(=O)OC(F)(F)F. The third-order valence-electron chi connectivity index (χ3n) is 3.03. The number of hydroxylamine groups is 2. The van der Waals surface area contributed by atoms with E-state index in [2.05, 4.69) is 8.47 Å². The molecule has 23 heavy (non-hydrogen) atoms. The molecule has 2 amide bonds. The van der Waals surface area contributed by atoms with Crippen LogP contribution < -0.4 is 0 Å². The Morgan fingerprint density at radius 1 is 0.957 bits per heavy atom. The maximum Gasteiger partial charge on any atom is 0.537 e. The molecule has 0 spiro atoms. The standard InChI is InChI=1S/C13H6F3NO5S/c14-13(15,16)21-23(20)22-17-11(18)8-5-1-3-7-4-2-6-9(10(7)8)12(17)19/h1-6H. The summed E-state index contributed by atoms with van der Waals surface area (Å²) in [6.07, 6.45) is -5.25. The van der Waals surface area contributed by atoms with Gasteiger partial charge in [0.2, 0.25) is 0 Å². The van der Waals surface area contributed by atoms with E-state index in [4.69, 9.17) is 0 Å². The van der Waals surface area contributed by atoms with E-state index in [9.17, 15) is 27.0 Å². The van der Waals surface area contributed by atoms with Gasteiger partial charge in [-0.2, -0.15) is 8.39 Å². The summed E-state index contributed by atoms with van der Waals surface area (Å²) < 4.78 is 54.5. The minimum atomic E-state index is -5.25. The lowest BCUT2D eigenvalue weighted by atomic mass is 9.95. The Bertz CT molecular complexity index is 800. The number of hydrogen-bond donors (Lipinski definition) is 0. The lowest BCUT2D eigenvalue weighted by Gasteiger charge is -2.24. The number of carbonyl (C=O) groups excluding carboxylic acids is 2. The third-order valence-corrected chi connectivity index (χ3v) is 3.63. The zero-order valence-corrected chi connectivity index (χ0v) is 11.8. The molecule has 1 aliphatic rings. The summed E-state index contributed by atoms with van der Waals surface area (Å²) in [6.45, 7) is 0. The second-order valence-electron chi connectivity index (χ2n) is 4.42. The highest BCUT2D eigenvalue weighted by atomic mass is 32.2. The molecule has 0 N–H and O–H groups in total. The van der Waals surface area contributed by atoms with Gasteiger partial charge in [-0.25, -0.2) is 0 Å². The summed E-state index contributed by atoms with van der Waals surface area (Å²) in [7, 11) is 0. The summed E-state index contributed by atoms with van der Waals surface area (Å²) in [4.78, 5) is 24.4. The fraction of sp³-hybridized carbons (Fsp3) is 0.0769. The fourth-order valence-corrected chi connectivity index (χ4v) is 2.67. The van der Waals surface area contributed by atoms with Gasteiger partial charge in [-0.3, -0.25) is 9.59 Å². The molecule has 120 valence electrons. The number of hydrogen-bond acceptors (Lipinski definition) is 5. The summed E-state index contributed by atoms with van der Waals surface area (Å²) in [5.41, 5.74) is 0.0865. The zero-order chi connectivity index (χ0) is 16.8. The van der Waals surface area contributed by atoms with Crippen LogP contribution in [-0.2, 0) is 19.8 Å². The molecule has 1 unspecified atom stereocenters. The number of rotatable bonds is 3. The Morgan fingerprint density at radius 3 is 1.96 bits per heavy atom. The number of halogens is 3. The van der Waals surface area contributed by atoms with E-state index in [0.29, 0.717) is 10.8 Å². The minimum Gasteiger partial charge on any atom is -0.266 e. The van der Waals surface area contributed by atoms with Crippen molar-refractivity contribution in [2.75, 3.05) is 0 Å². The van der Waals surface area contributed by atoms with Crippen LogP contribution in [0.1, 0.15) is 20.7 Å². The van der Waals surface area contributed by atoms with Gasteiger partial charge >= 0.3 is 17.7 Å². The molecule has 1 aliphatic heterocycles. The van der Waals surface area contributed by atoms with Crippen LogP contribution in [0.4, 0.5) is 13.2 Å². The molecule has 1 heterocycles. The van der Waals surface area contributed by atoms with Gasteiger partial charge in [0.05, 0.1) is 11.1 Å². The molecule has 0 saturated heterocycles.